The van der Waals surface area contributed by atoms with Gasteiger partial charge in [-0.25, -0.2) is 9.97 Å². The van der Waals surface area contributed by atoms with Gasteiger partial charge >= 0.3 is 5.97 Å². The van der Waals surface area contributed by atoms with Gasteiger partial charge in [0.25, 0.3) is 0 Å². The SMILES string of the molecule is CCCCCCCCCCCCCCc1cnc(-c2ccc(OC(=O)[C@@H](C)CCCC)cc2)nc1. The highest BCUT2D eigenvalue weighted by molar-refractivity contribution is 5.75. The minimum absolute atomic E-state index is 0.0735. The summed E-state index contributed by atoms with van der Waals surface area (Å²) in [5.41, 5.74) is 2.13. The predicted octanol–water partition coefficient (Wildman–Crippen LogP) is 9.12. The third-order valence-corrected chi connectivity index (χ3v) is 6.75. The van der Waals surface area contributed by atoms with Gasteiger partial charge in [0.15, 0.2) is 5.82 Å². The average Bonchev–Trinajstić information content (AvgIpc) is 2.88. The standard InChI is InChI=1S/C31H48N2O2/c1-4-6-8-9-10-11-12-13-14-15-16-17-19-27-24-32-30(33-25-27)28-20-22-29(23-21-28)35-31(34)26(3)18-7-5-2/h20-26H,4-19H2,1-3H3/t26-/m0/s1. The fourth-order valence-corrected chi connectivity index (χ4v) is 4.32. The number of aryl methyl sites for hydroxylation is 1. The number of aromatic nitrogens is 2. The number of esters is 1. The molecule has 0 saturated heterocycles. The largest absolute Gasteiger partial charge is 0.426 e. The minimum Gasteiger partial charge on any atom is -0.426 e. The first-order valence-electron chi connectivity index (χ1n) is 14.3. The molecule has 0 bridgehead atoms. The molecular formula is C31H48N2O2. The van der Waals surface area contributed by atoms with E-state index in [2.05, 4.69) is 23.8 Å². The summed E-state index contributed by atoms with van der Waals surface area (Å²) in [4.78, 5) is 21.3. The topological polar surface area (TPSA) is 52.1 Å². The van der Waals surface area contributed by atoms with Crippen LogP contribution in [0.3, 0.4) is 0 Å². The molecule has 0 amide bonds. The molecule has 1 aromatic carbocycles. The number of carbonyl (C=O) groups excluding carboxylic acids is 1. The normalized spacial score (nSPS) is 12.0. The van der Waals surface area contributed by atoms with Gasteiger partial charge in [0.1, 0.15) is 5.75 Å². The Hall–Kier alpha value is -2.23. The van der Waals surface area contributed by atoms with Gasteiger partial charge in [0.05, 0.1) is 5.92 Å². The van der Waals surface area contributed by atoms with Crippen molar-refractivity contribution in [3.8, 4) is 17.1 Å². The van der Waals surface area contributed by atoms with E-state index in [1.54, 1.807) is 0 Å². The highest BCUT2D eigenvalue weighted by atomic mass is 16.5. The van der Waals surface area contributed by atoms with Gasteiger partial charge in [-0.15, -0.1) is 0 Å². The molecule has 0 unspecified atom stereocenters. The zero-order valence-electron chi connectivity index (χ0n) is 22.6. The Morgan fingerprint density at radius 1 is 0.743 bits per heavy atom. The van der Waals surface area contributed by atoms with Crippen LogP contribution in [0.2, 0.25) is 0 Å². The summed E-state index contributed by atoms with van der Waals surface area (Å²) in [6.45, 7) is 6.34. The number of unbranched alkanes of at least 4 members (excludes halogenated alkanes) is 12. The van der Waals surface area contributed by atoms with Crippen LogP contribution in [0.15, 0.2) is 36.7 Å². The van der Waals surface area contributed by atoms with E-state index in [1.807, 2.05) is 43.6 Å². The maximum absolute atomic E-state index is 12.2. The van der Waals surface area contributed by atoms with Crippen LogP contribution in [0.25, 0.3) is 11.4 Å². The predicted molar refractivity (Wildman–Crippen MR) is 147 cm³/mol. The first-order chi connectivity index (χ1) is 17.1. The van der Waals surface area contributed by atoms with E-state index in [0.29, 0.717) is 11.6 Å². The van der Waals surface area contributed by atoms with Crippen LogP contribution in [0, 0.1) is 5.92 Å². The summed E-state index contributed by atoms with van der Waals surface area (Å²) in [7, 11) is 0. The number of rotatable bonds is 19. The van der Waals surface area contributed by atoms with Crippen molar-refractivity contribution in [3.63, 3.8) is 0 Å². The Morgan fingerprint density at radius 3 is 1.80 bits per heavy atom. The number of carbonyl (C=O) groups is 1. The summed E-state index contributed by atoms with van der Waals surface area (Å²) in [6, 6.07) is 7.48. The molecule has 1 heterocycles. The van der Waals surface area contributed by atoms with Crippen molar-refractivity contribution < 1.29 is 9.53 Å². The first kappa shape index (κ1) is 29.0. The van der Waals surface area contributed by atoms with Crippen molar-refractivity contribution in [2.75, 3.05) is 0 Å². The second kappa shape index (κ2) is 18.1. The summed E-state index contributed by atoms with van der Waals surface area (Å²) in [6.07, 6.45) is 24.4. The number of benzene rings is 1. The maximum Gasteiger partial charge on any atom is 0.314 e. The number of ether oxygens (including phenoxy) is 1. The van der Waals surface area contributed by atoms with Crippen LogP contribution in [-0.4, -0.2) is 15.9 Å². The van der Waals surface area contributed by atoms with Gasteiger partial charge in [-0.1, -0.05) is 104 Å². The number of hydrogen-bond donors (Lipinski definition) is 0. The lowest BCUT2D eigenvalue weighted by Crippen LogP contribution is -2.17. The van der Waals surface area contributed by atoms with Crippen molar-refractivity contribution in [3.05, 3.63) is 42.2 Å². The van der Waals surface area contributed by atoms with E-state index in [1.165, 1.54) is 82.6 Å². The average molecular weight is 481 g/mol. The number of nitrogens with zero attached hydrogens (tertiary/aromatic N) is 2. The quantitative estimate of drug-likeness (QED) is 0.114. The molecule has 4 nitrogen and oxygen atoms in total. The first-order valence-corrected chi connectivity index (χ1v) is 14.3. The third kappa shape index (κ3) is 12.3. The Morgan fingerprint density at radius 2 is 1.26 bits per heavy atom. The minimum atomic E-state index is -0.162. The van der Waals surface area contributed by atoms with Gasteiger partial charge in [-0.3, -0.25) is 4.79 Å². The van der Waals surface area contributed by atoms with Gasteiger partial charge in [0.2, 0.25) is 0 Å². The van der Waals surface area contributed by atoms with Crippen molar-refractivity contribution in [1.82, 2.24) is 9.97 Å². The van der Waals surface area contributed by atoms with Crippen molar-refractivity contribution in [2.24, 2.45) is 5.92 Å². The van der Waals surface area contributed by atoms with Crippen LogP contribution in [0.1, 0.15) is 123 Å². The molecule has 0 fully saturated rings. The van der Waals surface area contributed by atoms with Crippen molar-refractivity contribution in [1.29, 1.82) is 0 Å². The van der Waals surface area contributed by atoms with E-state index < -0.39 is 0 Å². The summed E-state index contributed by atoms with van der Waals surface area (Å²) in [5.74, 6) is 1.04. The molecule has 0 radical (unpaired) electrons. The Labute approximate surface area is 214 Å². The Kier molecular flexibility index (Phi) is 15.0. The van der Waals surface area contributed by atoms with Crippen molar-refractivity contribution in [2.45, 2.75) is 124 Å². The summed E-state index contributed by atoms with van der Waals surface area (Å²) < 4.78 is 5.51. The molecule has 0 N–H and O–H groups in total. The monoisotopic (exact) mass is 480 g/mol. The second-order valence-electron chi connectivity index (χ2n) is 10.0. The Bertz CT molecular complexity index is 802. The molecule has 2 aromatic rings. The summed E-state index contributed by atoms with van der Waals surface area (Å²) >= 11 is 0. The van der Waals surface area contributed by atoms with Crippen LogP contribution in [-0.2, 0) is 11.2 Å². The fraction of sp³-hybridized carbons (Fsp3) is 0.645. The molecule has 1 aromatic heterocycles. The van der Waals surface area contributed by atoms with Gasteiger partial charge in [-0.05, 0) is 49.1 Å². The fourth-order valence-electron chi connectivity index (χ4n) is 4.32. The van der Waals surface area contributed by atoms with Gasteiger partial charge < -0.3 is 4.74 Å². The zero-order chi connectivity index (χ0) is 25.1. The van der Waals surface area contributed by atoms with E-state index >= 15 is 0 Å². The number of hydrogen-bond acceptors (Lipinski definition) is 4. The zero-order valence-corrected chi connectivity index (χ0v) is 22.6. The van der Waals surface area contributed by atoms with E-state index in [-0.39, 0.29) is 11.9 Å². The smallest absolute Gasteiger partial charge is 0.314 e. The van der Waals surface area contributed by atoms with Crippen LogP contribution in [0.4, 0.5) is 0 Å². The lowest BCUT2D eigenvalue weighted by Gasteiger charge is -2.11. The Balaban J connectivity index is 1.62. The van der Waals surface area contributed by atoms with Crippen LogP contribution in [0.5, 0.6) is 5.75 Å². The van der Waals surface area contributed by atoms with Crippen LogP contribution >= 0.6 is 0 Å². The molecule has 0 saturated carbocycles. The molecule has 2 rings (SSSR count). The van der Waals surface area contributed by atoms with Gasteiger partial charge in [-0.2, -0.15) is 0 Å². The summed E-state index contributed by atoms with van der Waals surface area (Å²) in [5, 5.41) is 0. The van der Waals surface area contributed by atoms with E-state index in [9.17, 15) is 4.79 Å². The molecule has 194 valence electrons. The highest BCUT2D eigenvalue weighted by Gasteiger charge is 2.15. The lowest BCUT2D eigenvalue weighted by atomic mass is 10.0. The third-order valence-electron chi connectivity index (χ3n) is 6.75. The van der Waals surface area contributed by atoms with Crippen LogP contribution < -0.4 is 4.74 Å². The maximum atomic E-state index is 12.2. The second-order valence-corrected chi connectivity index (χ2v) is 10.0. The highest BCUT2D eigenvalue weighted by Crippen LogP contribution is 2.21. The lowest BCUT2D eigenvalue weighted by molar-refractivity contribution is -0.138. The molecule has 1 atom stereocenters. The van der Waals surface area contributed by atoms with E-state index in [0.717, 1.165) is 31.2 Å². The molecule has 4 heteroatoms. The van der Waals surface area contributed by atoms with Crippen molar-refractivity contribution >= 4 is 5.97 Å². The molecular weight excluding hydrogens is 432 g/mol. The molecule has 0 aliphatic rings. The molecule has 35 heavy (non-hydrogen) atoms. The molecule has 0 spiro atoms. The van der Waals surface area contributed by atoms with Gasteiger partial charge in [0, 0.05) is 18.0 Å². The molecule has 0 aliphatic heterocycles. The molecule has 0 aliphatic carbocycles. The van der Waals surface area contributed by atoms with E-state index in [4.69, 9.17) is 4.74 Å².